The van der Waals surface area contributed by atoms with Gasteiger partial charge in [0.1, 0.15) is 5.75 Å². The lowest BCUT2D eigenvalue weighted by atomic mass is 10.0. The van der Waals surface area contributed by atoms with Gasteiger partial charge in [0.25, 0.3) is 5.91 Å². The summed E-state index contributed by atoms with van der Waals surface area (Å²) in [6.45, 7) is 4.20. The number of hydrogen-bond donors (Lipinski definition) is 1. The number of carbonyl (C=O) groups excluding carboxylic acids is 2. The second kappa shape index (κ2) is 6.33. The Hall–Kier alpha value is -2.09. The Morgan fingerprint density at radius 2 is 1.56 bits per heavy atom. The molecule has 1 aromatic carbocycles. The number of fused-ring (bicyclic) bond motifs is 1. The number of phenols is 1. The molecule has 2 atom stereocenters. The van der Waals surface area contributed by atoms with E-state index in [1.165, 1.54) is 24.3 Å². The largest absolute Gasteiger partial charge is 0.508 e. The van der Waals surface area contributed by atoms with E-state index < -0.39 is 21.9 Å². The zero-order valence-corrected chi connectivity index (χ0v) is 15.1. The van der Waals surface area contributed by atoms with Crippen molar-refractivity contribution in [3.8, 4) is 5.75 Å². The van der Waals surface area contributed by atoms with Gasteiger partial charge in [-0.1, -0.05) is 13.8 Å². The van der Waals surface area contributed by atoms with Crippen LogP contribution in [0.25, 0.3) is 0 Å². The highest BCUT2D eigenvalue weighted by molar-refractivity contribution is 7.91. The molecule has 2 fully saturated rings. The van der Waals surface area contributed by atoms with Gasteiger partial charge < -0.3 is 14.9 Å². The van der Waals surface area contributed by atoms with Crippen LogP contribution in [-0.4, -0.2) is 71.8 Å². The van der Waals surface area contributed by atoms with Crippen LogP contribution in [0.5, 0.6) is 5.75 Å². The van der Waals surface area contributed by atoms with Gasteiger partial charge in [0, 0.05) is 24.6 Å². The third-order valence-corrected chi connectivity index (χ3v) is 6.53. The van der Waals surface area contributed by atoms with Crippen molar-refractivity contribution < 1.29 is 23.1 Å². The van der Waals surface area contributed by atoms with Crippen LogP contribution in [0.15, 0.2) is 24.3 Å². The Kier molecular flexibility index (Phi) is 4.49. The number of phenolic OH excluding ortho intramolecular Hbond substituents is 1. The van der Waals surface area contributed by atoms with E-state index in [4.69, 9.17) is 0 Å². The number of sulfone groups is 1. The van der Waals surface area contributed by atoms with Crippen molar-refractivity contribution in [3.63, 3.8) is 0 Å². The number of carbonyl (C=O) groups is 2. The maximum absolute atomic E-state index is 12.8. The van der Waals surface area contributed by atoms with E-state index in [-0.39, 0.29) is 35.0 Å². The normalized spacial score (nSPS) is 25.1. The van der Waals surface area contributed by atoms with Crippen molar-refractivity contribution in [1.82, 2.24) is 9.80 Å². The predicted octanol–water partition coefficient (Wildman–Crippen LogP) is 0.498. The van der Waals surface area contributed by atoms with Gasteiger partial charge in [-0.2, -0.15) is 0 Å². The van der Waals surface area contributed by atoms with Crippen LogP contribution in [0.2, 0.25) is 0 Å². The minimum absolute atomic E-state index is 0.0604. The van der Waals surface area contributed by atoms with Gasteiger partial charge in [0.2, 0.25) is 5.91 Å². The molecule has 0 radical (unpaired) electrons. The topological polar surface area (TPSA) is 95.0 Å². The van der Waals surface area contributed by atoms with Crippen LogP contribution >= 0.6 is 0 Å². The highest BCUT2D eigenvalue weighted by Gasteiger charge is 2.49. The molecule has 2 aliphatic heterocycles. The van der Waals surface area contributed by atoms with Crippen molar-refractivity contribution in [2.45, 2.75) is 25.9 Å². The SMILES string of the molecule is CC(C)C(=O)N1CCN(C(=O)c2ccc(O)cc2)[C@H]2CS(=O)(=O)C[C@H]21. The zero-order chi connectivity index (χ0) is 18.4. The first-order chi connectivity index (χ1) is 11.7. The number of rotatable bonds is 2. The first-order valence-electron chi connectivity index (χ1n) is 8.30. The van der Waals surface area contributed by atoms with Gasteiger partial charge in [-0.25, -0.2) is 8.42 Å². The average Bonchev–Trinajstić information content (AvgIpc) is 2.88. The minimum Gasteiger partial charge on any atom is -0.508 e. The van der Waals surface area contributed by atoms with E-state index in [0.717, 1.165) is 0 Å². The van der Waals surface area contributed by atoms with Crippen molar-refractivity contribution in [3.05, 3.63) is 29.8 Å². The molecule has 7 nitrogen and oxygen atoms in total. The van der Waals surface area contributed by atoms with Gasteiger partial charge >= 0.3 is 0 Å². The van der Waals surface area contributed by atoms with E-state index in [2.05, 4.69) is 0 Å². The van der Waals surface area contributed by atoms with Crippen molar-refractivity contribution >= 4 is 21.7 Å². The summed E-state index contributed by atoms with van der Waals surface area (Å²) < 4.78 is 24.4. The molecular formula is C17H22N2O5S. The quantitative estimate of drug-likeness (QED) is 0.822. The average molecular weight is 366 g/mol. The van der Waals surface area contributed by atoms with Crippen molar-refractivity contribution in [2.75, 3.05) is 24.6 Å². The van der Waals surface area contributed by atoms with Crippen molar-refractivity contribution in [1.29, 1.82) is 0 Å². The highest BCUT2D eigenvalue weighted by Crippen LogP contribution is 2.29. The third kappa shape index (κ3) is 3.35. The number of piperazine rings is 1. The maximum Gasteiger partial charge on any atom is 0.254 e. The van der Waals surface area contributed by atoms with Gasteiger partial charge in [-0.15, -0.1) is 0 Å². The molecule has 1 N–H and O–H groups in total. The summed E-state index contributed by atoms with van der Waals surface area (Å²) in [4.78, 5) is 28.4. The minimum atomic E-state index is -3.30. The molecule has 0 saturated carbocycles. The fourth-order valence-electron chi connectivity index (χ4n) is 3.58. The first-order valence-corrected chi connectivity index (χ1v) is 10.1. The van der Waals surface area contributed by atoms with E-state index in [9.17, 15) is 23.1 Å². The number of hydrogen-bond acceptors (Lipinski definition) is 5. The standard InChI is InChI=1S/C17H22N2O5S/c1-11(2)16(21)18-7-8-19(15-10-25(23,24)9-14(15)18)17(22)12-3-5-13(20)6-4-12/h3-6,11,14-15,20H,7-10H2,1-2H3/t14-,15+/m1/s1. The van der Waals surface area contributed by atoms with Crippen molar-refractivity contribution in [2.24, 2.45) is 5.92 Å². The molecule has 136 valence electrons. The zero-order valence-electron chi connectivity index (χ0n) is 14.3. The monoisotopic (exact) mass is 366 g/mol. The molecule has 0 bridgehead atoms. The summed E-state index contributed by atoms with van der Waals surface area (Å²) in [6.07, 6.45) is 0. The fourth-order valence-corrected chi connectivity index (χ4v) is 5.56. The molecule has 2 aliphatic rings. The Morgan fingerprint density at radius 3 is 2.12 bits per heavy atom. The number of amides is 2. The lowest BCUT2D eigenvalue weighted by Crippen LogP contribution is -2.62. The molecule has 2 saturated heterocycles. The second-order valence-electron chi connectivity index (χ2n) is 6.94. The van der Waals surface area contributed by atoms with Crippen LogP contribution in [0.4, 0.5) is 0 Å². The molecule has 0 aliphatic carbocycles. The van der Waals surface area contributed by atoms with Crippen LogP contribution in [-0.2, 0) is 14.6 Å². The van der Waals surface area contributed by atoms with Crippen LogP contribution in [0.3, 0.4) is 0 Å². The number of nitrogens with zero attached hydrogens (tertiary/aromatic N) is 2. The molecule has 25 heavy (non-hydrogen) atoms. The summed E-state index contributed by atoms with van der Waals surface area (Å²) in [6, 6.07) is 4.87. The molecule has 8 heteroatoms. The van der Waals surface area contributed by atoms with Gasteiger partial charge in [-0.3, -0.25) is 9.59 Å². The highest BCUT2D eigenvalue weighted by atomic mass is 32.2. The Labute approximate surface area is 147 Å². The summed E-state index contributed by atoms with van der Waals surface area (Å²) >= 11 is 0. The summed E-state index contributed by atoms with van der Waals surface area (Å²) in [5.41, 5.74) is 0.393. The molecule has 0 spiro atoms. The van der Waals surface area contributed by atoms with E-state index in [1.807, 2.05) is 0 Å². The lowest BCUT2D eigenvalue weighted by molar-refractivity contribution is -0.139. The van der Waals surface area contributed by atoms with Crippen LogP contribution < -0.4 is 0 Å². The van der Waals surface area contributed by atoms with E-state index >= 15 is 0 Å². The first kappa shape index (κ1) is 17.7. The Bertz CT molecular complexity index is 788. The lowest BCUT2D eigenvalue weighted by Gasteiger charge is -2.44. The summed E-state index contributed by atoms with van der Waals surface area (Å²) in [5, 5.41) is 9.37. The Balaban J connectivity index is 1.89. The smallest absolute Gasteiger partial charge is 0.254 e. The molecule has 1 aromatic rings. The predicted molar refractivity (Wildman–Crippen MR) is 91.9 cm³/mol. The molecule has 2 amide bonds. The summed E-state index contributed by atoms with van der Waals surface area (Å²) in [7, 11) is -3.30. The molecule has 0 unspecified atom stereocenters. The Morgan fingerprint density at radius 1 is 1.04 bits per heavy atom. The second-order valence-corrected chi connectivity index (χ2v) is 9.10. The van der Waals surface area contributed by atoms with Crippen LogP contribution in [0, 0.1) is 5.92 Å². The van der Waals surface area contributed by atoms with Gasteiger partial charge in [0.15, 0.2) is 9.84 Å². The van der Waals surface area contributed by atoms with Gasteiger partial charge in [0.05, 0.1) is 23.6 Å². The van der Waals surface area contributed by atoms with E-state index in [0.29, 0.717) is 18.7 Å². The summed E-state index contributed by atoms with van der Waals surface area (Å²) in [5.74, 6) is -0.736. The number of benzene rings is 1. The number of aromatic hydroxyl groups is 1. The van der Waals surface area contributed by atoms with Crippen LogP contribution in [0.1, 0.15) is 24.2 Å². The maximum atomic E-state index is 12.8. The molecule has 0 aromatic heterocycles. The van der Waals surface area contributed by atoms with E-state index in [1.54, 1.807) is 23.6 Å². The molecule has 3 rings (SSSR count). The fraction of sp³-hybridized carbons (Fsp3) is 0.529. The molecule has 2 heterocycles. The molecular weight excluding hydrogens is 344 g/mol. The van der Waals surface area contributed by atoms with Gasteiger partial charge in [-0.05, 0) is 24.3 Å². The third-order valence-electron chi connectivity index (χ3n) is 4.83.